The first-order valence-corrected chi connectivity index (χ1v) is 16.6. The largest absolute Gasteiger partial charge is 0.337 e. The van der Waals surface area contributed by atoms with Crippen LogP contribution in [0.3, 0.4) is 0 Å². The van der Waals surface area contributed by atoms with E-state index in [2.05, 4.69) is 44.2 Å². The van der Waals surface area contributed by atoms with Gasteiger partial charge in [0.1, 0.15) is 6.29 Å². The molecular formula is C22H31NO2Si2. The zero-order valence-corrected chi connectivity index (χ0v) is 19.3. The molecule has 2 rings (SSSR count). The Morgan fingerprint density at radius 3 is 1.93 bits per heavy atom. The lowest BCUT2D eigenvalue weighted by Gasteiger charge is -2.46. The van der Waals surface area contributed by atoms with Gasteiger partial charge in [-0.15, -0.1) is 0 Å². The van der Waals surface area contributed by atoms with Gasteiger partial charge in [-0.2, -0.15) is 0 Å². The topological polar surface area (TPSA) is 37.4 Å². The molecule has 0 radical (unpaired) electrons. The molecular weight excluding hydrogens is 366 g/mol. The Morgan fingerprint density at radius 2 is 1.41 bits per heavy atom. The molecule has 0 aliphatic heterocycles. The average molecular weight is 398 g/mol. The monoisotopic (exact) mass is 397 g/mol. The summed E-state index contributed by atoms with van der Waals surface area (Å²) in [7, 11) is -3.37. The van der Waals surface area contributed by atoms with Crippen LogP contribution in [0.15, 0.2) is 54.6 Å². The summed E-state index contributed by atoms with van der Waals surface area (Å²) in [5, 5.41) is 0.261. The first-order chi connectivity index (χ1) is 12.6. The Bertz CT molecular complexity index is 778. The van der Waals surface area contributed by atoms with E-state index in [9.17, 15) is 9.59 Å². The van der Waals surface area contributed by atoms with E-state index >= 15 is 0 Å². The van der Waals surface area contributed by atoms with Gasteiger partial charge >= 0.3 is 0 Å². The SMILES string of the molecule is C[Si](C)(C)C(N(Cc1ccccc1C=O)C(=O)c1ccccc1)[Si](C)(C)C. The van der Waals surface area contributed by atoms with E-state index in [1.165, 1.54) is 0 Å². The molecule has 144 valence electrons. The number of hydrogen-bond donors (Lipinski definition) is 0. The molecule has 0 spiro atoms. The molecule has 0 atom stereocenters. The number of benzene rings is 2. The summed E-state index contributed by atoms with van der Waals surface area (Å²) in [5.41, 5.74) is 2.29. The fraction of sp³-hybridized carbons (Fsp3) is 0.364. The number of rotatable bonds is 7. The highest BCUT2D eigenvalue weighted by Crippen LogP contribution is 2.28. The summed E-state index contributed by atoms with van der Waals surface area (Å²) in [6.45, 7) is 14.5. The number of nitrogens with zero attached hydrogens (tertiary/aromatic N) is 1. The van der Waals surface area contributed by atoms with Crippen molar-refractivity contribution in [2.75, 3.05) is 0 Å². The Hall–Kier alpha value is -1.99. The Balaban J connectivity index is 2.57. The van der Waals surface area contributed by atoms with Gasteiger partial charge in [0.15, 0.2) is 0 Å². The predicted molar refractivity (Wildman–Crippen MR) is 119 cm³/mol. The summed E-state index contributed by atoms with van der Waals surface area (Å²) in [5.74, 6) is 0.0613. The highest BCUT2D eigenvalue weighted by molar-refractivity contribution is 6.96. The van der Waals surface area contributed by atoms with Gasteiger partial charge in [0.2, 0.25) is 0 Å². The first kappa shape index (κ1) is 21.3. The highest BCUT2D eigenvalue weighted by atomic mass is 28.4. The molecule has 0 saturated heterocycles. The van der Waals surface area contributed by atoms with E-state index in [0.29, 0.717) is 17.7 Å². The molecule has 0 aromatic heterocycles. The fourth-order valence-electron chi connectivity index (χ4n) is 4.24. The van der Waals surface area contributed by atoms with Gasteiger partial charge in [-0.05, 0) is 17.7 Å². The van der Waals surface area contributed by atoms with E-state index in [-0.39, 0.29) is 11.2 Å². The van der Waals surface area contributed by atoms with Crippen molar-refractivity contribution in [3.8, 4) is 0 Å². The van der Waals surface area contributed by atoms with Gasteiger partial charge in [-0.25, -0.2) is 0 Å². The molecule has 0 bridgehead atoms. The van der Waals surface area contributed by atoms with Crippen molar-refractivity contribution < 1.29 is 9.59 Å². The fourth-order valence-corrected chi connectivity index (χ4v) is 16.9. The van der Waals surface area contributed by atoms with Crippen LogP contribution in [0.2, 0.25) is 39.3 Å². The van der Waals surface area contributed by atoms with Crippen LogP contribution in [0, 0.1) is 0 Å². The lowest BCUT2D eigenvalue weighted by Crippen LogP contribution is -2.64. The van der Waals surface area contributed by atoms with E-state index in [1.807, 2.05) is 54.6 Å². The number of amides is 1. The molecule has 0 aliphatic carbocycles. The predicted octanol–water partition coefficient (Wildman–Crippen LogP) is 5.26. The summed E-state index contributed by atoms with van der Waals surface area (Å²) in [6.07, 6.45) is 0.887. The second-order valence-corrected chi connectivity index (χ2v) is 20.4. The molecule has 0 N–H and O–H groups in total. The van der Waals surface area contributed by atoms with E-state index in [0.717, 1.165) is 11.8 Å². The number of carbonyl (C=O) groups is 2. The van der Waals surface area contributed by atoms with Gasteiger partial charge in [0.25, 0.3) is 5.91 Å². The minimum Gasteiger partial charge on any atom is -0.337 e. The lowest BCUT2D eigenvalue weighted by molar-refractivity contribution is 0.0745. The maximum Gasteiger partial charge on any atom is 0.253 e. The van der Waals surface area contributed by atoms with Crippen LogP contribution in [-0.4, -0.2) is 38.5 Å². The third-order valence-corrected chi connectivity index (χ3v) is 13.9. The molecule has 1 amide bonds. The lowest BCUT2D eigenvalue weighted by atomic mass is 10.1. The van der Waals surface area contributed by atoms with Crippen LogP contribution in [0.4, 0.5) is 0 Å². The zero-order valence-electron chi connectivity index (χ0n) is 17.3. The molecule has 0 saturated carbocycles. The zero-order chi connectivity index (χ0) is 20.2. The summed E-state index contributed by atoms with van der Waals surface area (Å²) in [4.78, 5) is 27.2. The Labute approximate surface area is 165 Å². The maximum atomic E-state index is 13.6. The Kier molecular flexibility index (Phi) is 6.60. The van der Waals surface area contributed by atoms with Crippen LogP contribution < -0.4 is 0 Å². The van der Waals surface area contributed by atoms with Gasteiger partial charge in [-0.1, -0.05) is 81.7 Å². The van der Waals surface area contributed by atoms with E-state index in [1.54, 1.807) is 0 Å². The third kappa shape index (κ3) is 5.27. The van der Waals surface area contributed by atoms with Crippen LogP contribution in [0.25, 0.3) is 0 Å². The van der Waals surface area contributed by atoms with Crippen molar-refractivity contribution in [2.45, 2.75) is 51.1 Å². The van der Waals surface area contributed by atoms with Crippen LogP contribution in [0.5, 0.6) is 0 Å². The molecule has 2 aromatic carbocycles. The van der Waals surface area contributed by atoms with E-state index in [4.69, 9.17) is 0 Å². The second-order valence-electron chi connectivity index (χ2n) is 9.25. The van der Waals surface area contributed by atoms with E-state index < -0.39 is 16.1 Å². The van der Waals surface area contributed by atoms with Crippen LogP contribution >= 0.6 is 0 Å². The summed E-state index contributed by atoms with van der Waals surface area (Å²) >= 11 is 0. The smallest absolute Gasteiger partial charge is 0.253 e. The first-order valence-electron chi connectivity index (χ1n) is 9.45. The number of hydrogen-bond acceptors (Lipinski definition) is 2. The van der Waals surface area contributed by atoms with Crippen molar-refractivity contribution >= 4 is 28.3 Å². The molecule has 0 aliphatic rings. The van der Waals surface area contributed by atoms with Crippen molar-refractivity contribution in [1.82, 2.24) is 4.90 Å². The average Bonchev–Trinajstić information content (AvgIpc) is 2.59. The molecule has 2 aromatic rings. The second kappa shape index (κ2) is 8.36. The molecule has 3 nitrogen and oxygen atoms in total. The minimum absolute atomic E-state index is 0.0613. The molecule has 27 heavy (non-hydrogen) atoms. The highest BCUT2D eigenvalue weighted by Gasteiger charge is 2.43. The van der Waals surface area contributed by atoms with Crippen molar-refractivity contribution in [3.05, 3.63) is 71.3 Å². The third-order valence-electron chi connectivity index (χ3n) is 4.76. The Morgan fingerprint density at radius 1 is 0.889 bits per heavy atom. The maximum absolute atomic E-state index is 13.6. The standard InChI is InChI=1S/C22H31NO2Si2/c1-26(2,3)22(27(4,5)6)23(21(25)18-12-8-7-9-13-18)16-19-14-10-11-15-20(19)17-24/h7-15,17,22H,16H2,1-6H3. The van der Waals surface area contributed by atoms with Gasteiger partial charge in [-0.3, -0.25) is 9.59 Å². The van der Waals surface area contributed by atoms with Crippen molar-refractivity contribution in [2.24, 2.45) is 0 Å². The number of carbonyl (C=O) groups excluding carboxylic acids is 2. The molecule has 0 fully saturated rings. The molecule has 0 heterocycles. The van der Waals surface area contributed by atoms with Crippen LogP contribution in [-0.2, 0) is 6.54 Å². The normalized spacial score (nSPS) is 12.1. The number of aldehydes is 1. The summed E-state index contributed by atoms with van der Waals surface area (Å²) < 4.78 is 0. The quantitative estimate of drug-likeness (QED) is 0.472. The molecule has 5 heteroatoms. The van der Waals surface area contributed by atoms with Crippen molar-refractivity contribution in [3.63, 3.8) is 0 Å². The van der Waals surface area contributed by atoms with Crippen molar-refractivity contribution in [1.29, 1.82) is 0 Å². The van der Waals surface area contributed by atoms with Gasteiger partial charge in [0, 0.05) is 23.0 Å². The van der Waals surface area contributed by atoms with Gasteiger partial charge in [0.05, 0.1) is 16.1 Å². The van der Waals surface area contributed by atoms with Gasteiger partial charge < -0.3 is 4.90 Å². The minimum atomic E-state index is -1.68. The van der Waals surface area contributed by atoms with Crippen LogP contribution in [0.1, 0.15) is 26.3 Å². The molecule has 0 unspecified atom stereocenters. The summed E-state index contributed by atoms with van der Waals surface area (Å²) in [6, 6.07) is 17.1.